The van der Waals surface area contributed by atoms with Crippen molar-refractivity contribution in [2.24, 2.45) is 0 Å². The summed E-state index contributed by atoms with van der Waals surface area (Å²) in [7, 11) is 1.61. The average molecular weight is 207 g/mol. The Morgan fingerprint density at radius 3 is 3.00 bits per heavy atom. The van der Waals surface area contributed by atoms with E-state index in [2.05, 4.69) is 16.2 Å². The van der Waals surface area contributed by atoms with Crippen LogP contribution in [0.3, 0.4) is 0 Å². The van der Waals surface area contributed by atoms with Gasteiger partial charge >= 0.3 is 0 Å². The molecule has 0 unspecified atom stereocenters. The number of terminal acetylenes is 1. The summed E-state index contributed by atoms with van der Waals surface area (Å²) < 4.78 is 5.00. The Balaban J connectivity index is 3.01. The number of nitrogens with one attached hydrogen (secondary N) is 1. The van der Waals surface area contributed by atoms with Crippen LogP contribution in [0.1, 0.15) is 0 Å². The van der Waals surface area contributed by atoms with Gasteiger partial charge in [0.1, 0.15) is 5.82 Å². The highest BCUT2D eigenvalue weighted by Crippen LogP contribution is 2.21. The Morgan fingerprint density at radius 2 is 2.47 bits per heavy atom. The minimum Gasteiger partial charge on any atom is -0.464 e. The van der Waals surface area contributed by atoms with Gasteiger partial charge in [-0.3, -0.25) is 10.1 Å². The minimum absolute atomic E-state index is 0.0251. The van der Waals surface area contributed by atoms with E-state index in [0.717, 1.165) is 0 Å². The third-order valence-electron chi connectivity index (χ3n) is 1.56. The van der Waals surface area contributed by atoms with Gasteiger partial charge in [-0.1, -0.05) is 5.92 Å². The van der Waals surface area contributed by atoms with Crippen molar-refractivity contribution < 1.29 is 9.66 Å². The molecule has 0 atom stereocenters. The summed E-state index contributed by atoms with van der Waals surface area (Å²) in [5, 5.41) is 13.2. The predicted octanol–water partition coefficient (Wildman–Crippen LogP) is 1.04. The Hall–Kier alpha value is -2.29. The average Bonchev–Trinajstić information content (AvgIpc) is 2.25. The fourth-order valence-corrected chi connectivity index (χ4v) is 0.915. The number of aromatic nitrogens is 1. The highest BCUT2D eigenvalue weighted by Gasteiger charge is 2.10. The van der Waals surface area contributed by atoms with Gasteiger partial charge in [-0.05, 0) is 0 Å². The van der Waals surface area contributed by atoms with Crippen LogP contribution < -0.4 is 10.1 Å². The van der Waals surface area contributed by atoms with E-state index >= 15 is 0 Å². The quantitative estimate of drug-likeness (QED) is 0.453. The van der Waals surface area contributed by atoms with Crippen molar-refractivity contribution in [2.75, 3.05) is 19.0 Å². The van der Waals surface area contributed by atoms with E-state index in [0.29, 0.717) is 5.82 Å². The number of ether oxygens (including phenoxy) is 1. The van der Waals surface area contributed by atoms with Gasteiger partial charge in [0.15, 0.2) is 6.61 Å². The molecule has 0 aromatic carbocycles. The molecule has 0 bridgehead atoms. The van der Waals surface area contributed by atoms with Crippen LogP contribution in [-0.4, -0.2) is 23.6 Å². The fraction of sp³-hybridized carbons (Fsp3) is 0.222. The molecule has 1 aromatic rings. The van der Waals surface area contributed by atoms with Gasteiger partial charge in [0.25, 0.3) is 5.69 Å². The fourth-order valence-electron chi connectivity index (χ4n) is 0.915. The zero-order valence-corrected chi connectivity index (χ0v) is 8.06. The van der Waals surface area contributed by atoms with E-state index < -0.39 is 4.92 Å². The molecule has 0 saturated carbocycles. The van der Waals surface area contributed by atoms with E-state index in [9.17, 15) is 10.1 Å². The minimum atomic E-state index is -0.523. The SMILES string of the molecule is C#CCOc1cc([N+](=O)[O-])cc(NC)n1. The van der Waals surface area contributed by atoms with Crippen molar-refractivity contribution >= 4 is 11.5 Å². The second-order valence-electron chi connectivity index (χ2n) is 2.55. The molecule has 0 fully saturated rings. The number of nitro groups is 1. The second kappa shape index (κ2) is 4.81. The maximum absolute atomic E-state index is 10.5. The molecule has 0 aliphatic heterocycles. The van der Waals surface area contributed by atoms with Crippen molar-refractivity contribution in [3.05, 3.63) is 22.2 Å². The third kappa shape index (κ3) is 2.84. The summed E-state index contributed by atoms with van der Waals surface area (Å²) >= 11 is 0. The molecule has 0 saturated heterocycles. The van der Waals surface area contributed by atoms with Gasteiger partial charge in [-0.25, -0.2) is 0 Å². The van der Waals surface area contributed by atoms with Crippen molar-refractivity contribution in [1.82, 2.24) is 4.98 Å². The first-order valence-electron chi connectivity index (χ1n) is 4.08. The molecular formula is C9H9N3O3. The van der Waals surface area contributed by atoms with E-state index in [-0.39, 0.29) is 18.2 Å². The lowest BCUT2D eigenvalue weighted by atomic mass is 10.4. The zero-order chi connectivity index (χ0) is 11.3. The van der Waals surface area contributed by atoms with Gasteiger partial charge in [-0.15, -0.1) is 6.42 Å². The molecule has 1 aromatic heterocycles. The van der Waals surface area contributed by atoms with E-state index in [1.165, 1.54) is 12.1 Å². The van der Waals surface area contributed by atoms with Crippen molar-refractivity contribution in [3.63, 3.8) is 0 Å². The van der Waals surface area contributed by atoms with Gasteiger partial charge in [0, 0.05) is 7.05 Å². The van der Waals surface area contributed by atoms with Crippen LogP contribution in [0.2, 0.25) is 0 Å². The van der Waals surface area contributed by atoms with Gasteiger partial charge in [-0.2, -0.15) is 4.98 Å². The van der Waals surface area contributed by atoms with Crippen LogP contribution in [0.25, 0.3) is 0 Å². The van der Waals surface area contributed by atoms with Gasteiger partial charge < -0.3 is 10.1 Å². The summed E-state index contributed by atoms with van der Waals surface area (Å²) in [4.78, 5) is 14.0. The van der Waals surface area contributed by atoms with E-state index in [1.807, 2.05) is 0 Å². The lowest BCUT2D eigenvalue weighted by Crippen LogP contribution is -2.01. The maximum atomic E-state index is 10.5. The molecule has 0 aliphatic carbocycles. The Kier molecular flexibility index (Phi) is 3.46. The number of rotatable bonds is 4. The van der Waals surface area contributed by atoms with Gasteiger partial charge in [0.2, 0.25) is 5.88 Å². The summed E-state index contributed by atoms with van der Waals surface area (Å²) in [6, 6.07) is 2.53. The molecule has 6 nitrogen and oxygen atoms in total. The largest absolute Gasteiger partial charge is 0.464 e. The van der Waals surface area contributed by atoms with E-state index in [4.69, 9.17) is 11.2 Å². The molecule has 0 aliphatic rings. The number of nitrogens with zero attached hydrogens (tertiary/aromatic N) is 2. The molecule has 1 N–H and O–H groups in total. The molecular weight excluding hydrogens is 198 g/mol. The van der Waals surface area contributed by atoms with Crippen molar-refractivity contribution in [1.29, 1.82) is 0 Å². The second-order valence-corrected chi connectivity index (χ2v) is 2.55. The Labute approximate surface area is 86.4 Å². The van der Waals surface area contributed by atoms with Crippen LogP contribution >= 0.6 is 0 Å². The number of anilines is 1. The summed E-state index contributed by atoms with van der Waals surface area (Å²) in [5.41, 5.74) is -0.0960. The lowest BCUT2D eigenvalue weighted by Gasteiger charge is -2.04. The highest BCUT2D eigenvalue weighted by molar-refractivity contribution is 5.47. The Morgan fingerprint density at radius 1 is 1.73 bits per heavy atom. The van der Waals surface area contributed by atoms with Crippen LogP contribution in [-0.2, 0) is 0 Å². The molecule has 0 amide bonds. The standard InChI is InChI=1S/C9H9N3O3/c1-3-4-15-9-6-7(12(13)14)5-8(10-2)11-9/h1,5-6H,4H2,2H3,(H,10,11). The van der Waals surface area contributed by atoms with E-state index in [1.54, 1.807) is 7.05 Å². The first kappa shape index (κ1) is 10.8. The maximum Gasteiger partial charge on any atom is 0.278 e. The number of pyridine rings is 1. The summed E-state index contributed by atoms with van der Waals surface area (Å²) in [5.74, 6) is 2.74. The van der Waals surface area contributed by atoms with Crippen LogP contribution in [0, 0.1) is 22.5 Å². The molecule has 1 heterocycles. The Bertz CT molecular complexity index is 412. The summed E-state index contributed by atoms with van der Waals surface area (Å²) in [6.07, 6.45) is 4.99. The van der Waals surface area contributed by atoms with Crippen LogP contribution in [0.5, 0.6) is 5.88 Å². The molecule has 0 spiro atoms. The van der Waals surface area contributed by atoms with Crippen molar-refractivity contribution in [3.8, 4) is 18.2 Å². The highest BCUT2D eigenvalue weighted by atomic mass is 16.6. The number of hydrogen-bond acceptors (Lipinski definition) is 5. The topological polar surface area (TPSA) is 77.3 Å². The zero-order valence-electron chi connectivity index (χ0n) is 8.06. The predicted molar refractivity (Wildman–Crippen MR) is 54.8 cm³/mol. The monoisotopic (exact) mass is 207 g/mol. The van der Waals surface area contributed by atoms with Crippen LogP contribution in [0.4, 0.5) is 11.5 Å². The summed E-state index contributed by atoms with van der Waals surface area (Å²) in [6.45, 7) is 0.0251. The first-order valence-corrected chi connectivity index (χ1v) is 4.08. The molecule has 0 radical (unpaired) electrons. The molecule has 78 valence electrons. The molecule has 15 heavy (non-hydrogen) atoms. The lowest BCUT2D eigenvalue weighted by molar-refractivity contribution is -0.384. The van der Waals surface area contributed by atoms with Crippen molar-refractivity contribution in [2.45, 2.75) is 0 Å². The number of hydrogen-bond donors (Lipinski definition) is 1. The van der Waals surface area contributed by atoms with Gasteiger partial charge in [0.05, 0.1) is 17.1 Å². The normalized spacial score (nSPS) is 9.07. The smallest absolute Gasteiger partial charge is 0.278 e. The first-order chi connectivity index (χ1) is 7.17. The van der Waals surface area contributed by atoms with Crippen LogP contribution in [0.15, 0.2) is 12.1 Å². The molecule has 1 rings (SSSR count). The molecule has 6 heteroatoms. The third-order valence-corrected chi connectivity index (χ3v) is 1.56.